The van der Waals surface area contributed by atoms with Crippen LogP contribution < -0.4 is 10.6 Å². The monoisotopic (exact) mass is 190 g/mol. The summed E-state index contributed by atoms with van der Waals surface area (Å²) in [5, 5.41) is 7.04. The molecular weight excluding hydrogens is 172 g/mol. The van der Waals surface area contributed by atoms with Gasteiger partial charge in [0, 0.05) is 12.6 Å². The molecule has 2 heteroatoms. The Labute approximate surface area is 85.7 Å². The Bertz CT molecular complexity index is 320. The molecule has 1 aromatic carbocycles. The van der Waals surface area contributed by atoms with Gasteiger partial charge in [0.1, 0.15) is 0 Å². The fourth-order valence-corrected chi connectivity index (χ4v) is 1.96. The van der Waals surface area contributed by atoms with E-state index >= 15 is 0 Å². The van der Waals surface area contributed by atoms with E-state index in [0.717, 1.165) is 6.54 Å². The van der Waals surface area contributed by atoms with Crippen LogP contribution in [0.15, 0.2) is 18.2 Å². The topological polar surface area (TPSA) is 24.1 Å². The van der Waals surface area contributed by atoms with Crippen molar-refractivity contribution < 1.29 is 0 Å². The molecule has 0 saturated heterocycles. The van der Waals surface area contributed by atoms with Gasteiger partial charge in [0.05, 0.1) is 11.4 Å². The summed E-state index contributed by atoms with van der Waals surface area (Å²) in [6.45, 7) is 5.41. The largest absolute Gasteiger partial charge is 0.381 e. The first kappa shape index (κ1) is 9.38. The molecule has 14 heavy (non-hydrogen) atoms. The standard InChI is InChI=1S/C12H18N2/c1-3-4-10-8-13-11-6-5-9(2)7-12(11)14-10/h5-7,10,13-14H,3-4,8H2,1-2H3. The minimum Gasteiger partial charge on any atom is -0.381 e. The quantitative estimate of drug-likeness (QED) is 0.749. The molecule has 0 amide bonds. The van der Waals surface area contributed by atoms with E-state index in [1.807, 2.05) is 0 Å². The van der Waals surface area contributed by atoms with Crippen LogP contribution in [0.2, 0.25) is 0 Å². The second-order valence-electron chi connectivity index (χ2n) is 4.06. The Balaban J connectivity index is 2.16. The third-order valence-corrected chi connectivity index (χ3v) is 2.71. The summed E-state index contributed by atoms with van der Waals surface area (Å²) >= 11 is 0. The van der Waals surface area contributed by atoms with Crippen LogP contribution in [0, 0.1) is 6.92 Å². The zero-order valence-electron chi connectivity index (χ0n) is 8.93. The van der Waals surface area contributed by atoms with Crippen molar-refractivity contribution in [2.45, 2.75) is 32.7 Å². The maximum atomic E-state index is 3.58. The van der Waals surface area contributed by atoms with Gasteiger partial charge in [-0.1, -0.05) is 19.4 Å². The molecule has 2 rings (SSSR count). The Hall–Kier alpha value is -1.18. The van der Waals surface area contributed by atoms with E-state index in [2.05, 4.69) is 42.7 Å². The fraction of sp³-hybridized carbons (Fsp3) is 0.500. The molecule has 2 N–H and O–H groups in total. The third kappa shape index (κ3) is 1.84. The van der Waals surface area contributed by atoms with Gasteiger partial charge in [-0.15, -0.1) is 0 Å². The molecule has 1 aromatic rings. The highest BCUT2D eigenvalue weighted by Gasteiger charge is 2.15. The average Bonchev–Trinajstić information content (AvgIpc) is 2.17. The maximum Gasteiger partial charge on any atom is 0.0581 e. The van der Waals surface area contributed by atoms with Crippen molar-refractivity contribution in [3.63, 3.8) is 0 Å². The normalized spacial score (nSPS) is 19.4. The van der Waals surface area contributed by atoms with E-state index in [-0.39, 0.29) is 0 Å². The van der Waals surface area contributed by atoms with Crippen LogP contribution in [0.5, 0.6) is 0 Å². The van der Waals surface area contributed by atoms with Crippen molar-refractivity contribution in [1.29, 1.82) is 0 Å². The van der Waals surface area contributed by atoms with Crippen molar-refractivity contribution in [3.8, 4) is 0 Å². The molecule has 0 bridgehead atoms. The highest BCUT2D eigenvalue weighted by atomic mass is 15.1. The van der Waals surface area contributed by atoms with Crippen LogP contribution in [0.1, 0.15) is 25.3 Å². The molecule has 76 valence electrons. The van der Waals surface area contributed by atoms with E-state index < -0.39 is 0 Å². The van der Waals surface area contributed by atoms with Crippen molar-refractivity contribution in [1.82, 2.24) is 0 Å². The molecular formula is C12H18N2. The van der Waals surface area contributed by atoms with Gasteiger partial charge in [-0.2, -0.15) is 0 Å². The van der Waals surface area contributed by atoms with Crippen LogP contribution in [0.4, 0.5) is 11.4 Å². The predicted octanol–water partition coefficient (Wildman–Crippen LogP) is 3.00. The first-order valence-corrected chi connectivity index (χ1v) is 5.40. The summed E-state index contributed by atoms with van der Waals surface area (Å²) in [7, 11) is 0. The van der Waals surface area contributed by atoms with Gasteiger partial charge in [-0.25, -0.2) is 0 Å². The summed E-state index contributed by atoms with van der Waals surface area (Å²) in [5.74, 6) is 0. The zero-order chi connectivity index (χ0) is 9.97. The molecule has 1 heterocycles. The van der Waals surface area contributed by atoms with Crippen molar-refractivity contribution in [3.05, 3.63) is 23.8 Å². The lowest BCUT2D eigenvalue weighted by atomic mass is 10.1. The lowest BCUT2D eigenvalue weighted by Crippen LogP contribution is -2.32. The van der Waals surface area contributed by atoms with Gasteiger partial charge < -0.3 is 10.6 Å². The third-order valence-electron chi connectivity index (χ3n) is 2.71. The summed E-state index contributed by atoms with van der Waals surface area (Å²) in [4.78, 5) is 0. The van der Waals surface area contributed by atoms with Crippen LogP contribution in [-0.2, 0) is 0 Å². The van der Waals surface area contributed by atoms with E-state index in [0.29, 0.717) is 6.04 Å². The Morgan fingerprint density at radius 1 is 1.36 bits per heavy atom. The SMILES string of the molecule is CCCC1CNc2ccc(C)cc2N1. The van der Waals surface area contributed by atoms with E-state index in [1.54, 1.807) is 0 Å². The molecule has 0 aromatic heterocycles. The number of fused-ring (bicyclic) bond motifs is 1. The molecule has 1 aliphatic rings. The lowest BCUT2D eigenvalue weighted by molar-refractivity contribution is 0.655. The number of nitrogens with one attached hydrogen (secondary N) is 2. The number of aryl methyl sites for hydroxylation is 1. The van der Waals surface area contributed by atoms with E-state index in [1.165, 1.54) is 29.8 Å². The fourth-order valence-electron chi connectivity index (χ4n) is 1.96. The maximum absolute atomic E-state index is 3.58. The van der Waals surface area contributed by atoms with Gasteiger partial charge >= 0.3 is 0 Å². The number of hydrogen-bond donors (Lipinski definition) is 2. The van der Waals surface area contributed by atoms with Gasteiger partial charge in [0.2, 0.25) is 0 Å². The molecule has 0 spiro atoms. The number of benzene rings is 1. The first-order chi connectivity index (χ1) is 6.79. The summed E-state index contributed by atoms with van der Waals surface area (Å²) in [6, 6.07) is 7.10. The highest BCUT2D eigenvalue weighted by molar-refractivity contribution is 5.72. The van der Waals surface area contributed by atoms with Crippen LogP contribution in [-0.4, -0.2) is 12.6 Å². The first-order valence-electron chi connectivity index (χ1n) is 5.40. The molecule has 0 fully saturated rings. The van der Waals surface area contributed by atoms with Crippen molar-refractivity contribution in [2.24, 2.45) is 0 Å². The molecule has 1 aliphatic heterocycles. The molecule has 0 radical (unpaired) electrons. The summed E-state index contributed by atoms with van der Waals surface area (Å²) < 4.78 is 0. The minimum absolute atomic E-state index is 0.592. The van der Waals surface area contributed by atoms with Crippen LogP contribution in [0.3, 0.4) is 0 Å². The van der Waals surface area contributed by atoms with E-state index in [9.17, 15) is 0 Å². The Morgan fingerprint density at radius 2 is 2.21 bits per heavy atom. The second-order valence-corrected chi connectivity index (χ2v) is 4.06. The number of rotatable bonds is 2. The molecule has 0 saturated carbocycles. The zero-order valence-corrected chi connectivity index (χ0v) is 8.93. The van der Waals surface area contributed by atoms with Gasteiger partial charge in [0.15, 0.2) is 0 Å². The van der Waals surface area contributed by atoms with Gasteiger partial charge in [-0.3, -0.25) is 0 Å². The summed E-state index contributed by atoms with van der Waals surface area (Å²) in [6.07, 6.45) is 2.47. The second kappa shape index (κ2) is 3.91. The average molecular weight is 190 g/mol. The van der Waals surface area contributed by atoms with Crippen molar-refractivity contribution >= 4 is 11.4 Å². The molecule has 1 atom stereocenters. The molecule has 0 aliphatic carbocycles. The van der Waals surface area contributed by atoms with Crippen molar-refractivity contribution in [2.75, 3.05) is 17.2 Å². The number of anilines is 2. The minimum atomic E-state index is 0.592. The van der Waals surface area contributed by atoms with Gasteiger partial charge in [-0.05, 0) is 31.0 Å². The molecule has 2 nitrogen and oxygen atoms in total. The predicted molar refractivity (Wildman–Crippen MR) is 62.0 cm³/mol. The van der Waals surface area contributed by atoms with Gasteiger partial charge in [0.25, 0.3) is 0 Å². The summed E-state index contributed by atoms with van der Waals surface area (Å²) in [5.41, 5.74) is 3.81. The highest BCUT2D eigenvalue weighted by Crippen LogP contribution is 2.27. The lowest BCUT2D eigenvalue weighted by Gasteiger charge is -2.28. The Morgan fingerprint density at radius 3 is 3.00 bits per heavy atom. The smallest absolute Gasteiger partial charge is 0.0581 e. The van der Waals surface area contributed by atoms with Crippen LogP contribution in [0.25, 0.3) is 0 Å². The van der Waals surface area contributed by atoms with E-state index in [4.69, 9.17) is 0 Å². The molecule has 1 unspecified atom stereocenters. The van der Waals surface area contributed by atoms with Crippen LogP contribution >= 0.6 is 0 Å². The Kier molecular flexibility index (Phi) is 2.62. The number of hydrogen-bond acceptors (Lipinski definition) is 2.